The van der Waals surface area contributed by atoms with Crippen molar-refractivity contribution in [1.82, 2.24) is 4.98 Å². The number of hydrogen-bond donors (Lipinski definition) is 0. The van der Waals surface area contributed by atoms with Crippen molar-refractivity contribution in [2.24, 2.45) is 0 Å². The van der Waals surface area contributed by atoms with E-state index in [0.29, 0.717) is 5.39 Å². The summed E-state index contributed by atoms with van der Waals surface area (Å²) in [5, 5.41) is 1.48. The van der Waals surface area contributed by atoms with Gasteiger partial charge >= 0.3 is 10.1 Å². The van der Waals surface area contributed by atoms with Crippen LogP contribution >= 0.6 is 0 Å². The SMILES string of the molecule is O=S(=O)(Oc1ccccn1)c1cccc2ccccc12. The summed E-state index contributed by atoms with van der Waals surface area (Å²) in [6, 6.07) is 17.2. The maximum absolute atomic E-state index is 12.4. The minimum Gasteiger partial charge on any atom is -0.358 e. The molecular formula is C15H11NO3S. The molecule has 0 atom stereocenters. The smallest absolute Gasteiger partial charge is 0.341 e. The van der Waals surface area contributed by atoms with Gasteiger partial charge in [-0.25, -0.2) is 4.98 Å². The summed E-state index contributed by atoms with van der Waals surface area (Å²) in [4.78, 5) is 4.01. The lowest BCUT2D eigenvalue weighted by Gasteiger charge is -2.08. The molecule has 0 amide bonds. The summed E-state index contributed by atoms with van der Waals surface area (Å²) >= 11 is 0. The molecule has 3 rings (SSSR count). The van der Waals surface area contributed by atoms with Gasteiger partial charge in [-0.2, -0.15) is 8.42 Å². The van der Waals surface area contributed by atoms with Crippen LogP contribution < -0.4 is 4.18 Å². The quantitative estimate of drug-likeness (QED) is 0.694. The second kappa shape index (κ2) is 4.94. The van der Waals surface area contributed by atoms with E-state index in [2.05, 4.69) is 4.98 Å². The standard InChI is InChI=1S/C15H11NO3S/c17-20(18,19-15-10-3-4-11-16-15)14-9-5-7-12-6-1-2-8-13(12)14/h1-11H. The molecule has 0 aliphatic rings. The first kappa shape index (κ1) is 12.6. The van der Waals surface area contributed by atoms with E-state index in [1.165, 1.54) is 18.3 Å². The normalized spacial score (nSPS) is 11.4. The summed E-state index contributed by atoms with van der Waals surface area (Å²) in [6.07, 6.45) is 1.48. The van der Waals surface area contributed by atoms with Crippen LogP contribution in [0, 0.1) is 0 Å². The number of rotatable bonds is 3. The van der Waals surface area contributed by atoms with Crippen LogP contribution in [-0.4, -0.2) is 13.4 Å². The van der Waals surface area contributed by atoms with Crippen LogP contribution in [0.1, 0.15) is 0 Å². The van der Waals surface area contributed by atoms with E-state index in [0.717, 1.165) is 5.39 Å². The molecule has 1 aromatic heterocycles. The Hall–Kier alpha value is -2.40. The number of hydrogen-bond acceptors (Lipinski definition) is 4. The average Bonchev–Trinajstić information content (AvgIpc) is 2.47. The van der Waals surface area contributed by atoms with Gasteiger partial charge in [0.2, 0.25) is 5.88 Å². The Morgan fingerprint density at radius 2 is 1.60 bits per heavy atom. The lowest BCUT2D eigenvalue weighted by atomic mass is 10.1. The van der Waals surface area contributed by atoms with Crippen molar-refractivity contribution >= 4 is 20.9 Å². The highest BCUT2D eigenvalue weighted by atomic mass is 32.2. The van der Waals surface area contributed by atoms with E-state index in [4.69, 9.17) is 4.18 Å². The van der Waals surface area contributed by atoms with Crippen molar-refractivity contribution in [2.75, 3.05) is 0 Å². The van der Waals surface area contributed by atoms with Gasteiger partial charge in [-0.15, -0.1) is 0 Å². The first-order valence-corrected chi connectivity index (χ1v) is 7.41. The molecule has 100 valence electrons. The highest BCUT2D eigenvalue weighted by Crippen LogP contribution is 2.25. The molecule has 0 N–H and O–H groups in total. The molecule has 1 heterocycles. The average molecular weight is 285 g/mol. The third kappa shape index (κ3) is 2.35. The van der Waals surface area contributed by atoms with Gasteiger partial charge in [0.1, 0.15) is 4.90 Å². The fourth-order valence-corrected chi connectivity index (χ4v) is 3.08. The third-order valence-corrected chi connectivity index (χ3v) is 4.14. The van der Waals surface area contributed by atoms with Crippen LogP contribution in [0.5, 0.6) is 5.88 Å². The topological polar surface area (TPSA) is 56.3 Å². The van der Waals surface area contributed by atoms with E-state index in [-0.39, 0.29) is 10.8 Å². The summed E-state index contributed by atoms with van der Waals surface area (Å²) in [5.41, 5.74) is 0. The number of nitrogens with zero attached hydrogens (tertiary/aromatic N) is 1. The van der Waals surface area contributed by atoms with E-state index in [9.17, 15) is 8.42 Å². The van der Waals surface area contributed by atoms with Crippen LogP contribution in [0.25, 0.3) is 10.8 Å². The van der Waals surface area contributed by atoms with E-state index >= 15 is 0 Å². The predicted octanol–water partition coefficient (Wildman–Crippen LogP) is 3.00. The molecule has 0 fully saturated rings. The van der Waals surface area contributed by atoms with Gasteiger partial charge in [0.15, 0.2) is 0 Å². The summed E-state index contributed by atoms with van der Waals surface area (Å²) in [5.74, 6) is 0.0560. The van der Waals surface area contributed by atoms with Crippen molar-refractivity contribution in [1.29, 1.82) is 0 Å². The van der Waals surface area contributed by atoms with Crippen molar-refractivity contribution in [2.45, 2.75) is 4.90 Å². The van der Waals surface area contributed by atoms with Gasteiger partial charge in [-0.3, -0.25) is 0 Å². The monoisotopic (exact) mass is 285 g/mol. The first-order valence-electron chi connectivity index (χ1n) is 6.00. The molecule has 0 saturated carbocycles. The van der Waals surface area contributed by atoms with Crippen LogP contribution in [0.3, 0.4) is 0 Å². The highest BCUT2D eigenvalue weighted by molar-refractivity contribution is 7.87. The molecular weight excluding hydrogens is 274 g/mol. The molecule has 0 radical (unpaired) electrons. The van der Waals surface area contributed by atoms with Crippen LogP contribution in [0.4, 0.5) is 0 Å². The van der Waals surface area contributed by atoms with Crippen molar-refractivity contribution in [3.8, 4) is 5.88 Å². The lowest BCUT2D eigenvalue weighted by molar-refractivity contribution is 0.477. The zero-order chi connectivity index (χ0) is 14.0. The van der Waals surface area contributed by atoms with E-state index in [1.807, 2.05) is 18.2 Å². The Morgan fingerprint density at radius 1 is 0.850 bits per heavy atom. The molecule has 0 aliphatic heterocycles. The van der Waals surface area contributed by atoms with E-state index < -0.39 is 10.1 Å². The van der Waals surface area contributed by atoms with Crippen LogP contribution in [0.2, 0.25) is 0 Å². The minimum atomic E-state index is -3.90. The zero-order valence-electron chi connectivity index (χ0n) is 10.4. The second-order valence-corrected chi connectivity index (χ2v) is 5.70. The molecule has 5 heteroatoms. The van der Waals surface area contributed by atoms with Crippen molar-refractivity contribution in [3.05, 3.63) is 66.9 Å². The Morgan fingerprint density at radius 3 is 2.40 bits per heavy atom. The molecule has 4 nitrogen and oxygen atoms in total. The number of benzene rings is 2. The van der Waals surface area contributed by atoms with E-state index in [1.54, 1.807) is 30.3 Å². The zero-order valence-corrected chi connectivity index (χ0v) is 11.2. The number of pyridine rings is 1. The maximum Gasteiger partial charge on any atom is 0.341 e. The van der Waals surface area contributed by atoms with Gasteiger partial charge < -0.3 is 4.18 Å². The molecule has 3 aromatic rings. The molecule has 0 unspecified atom stereocenters. The van der Waals surface area contributed by atoms with Gasteiger partial charge in [-0.1, -0.05) is 42.5 Å². The third-order valence-electron chi connectivity index (χ3n) is 2.85. The highest BCUT2D eigenvalue weighted by Gasteiger charge is 2.19. The van der Waals surface area contributed by atoms with Crippen LogP contribution in [-0.2, 0) is 10.1 Å². The van der Waals surface area contributed by atoms with Crippen LogP contribution in [0.15, 0.2) is 71.8 Å². The molecule has 0 saturated heterocycles. The number of aromatic nitrogens is 1. The lowest BCUT2D eigenvalue weighted by Crippen LogP contribution is -2.11. The Balaban J connectivity index is 2.10. The number of fused-ring (bicyclic) bond motifs is 1. The van der Waals surface area contributed by atoms with Gasteiger partial charge in [0.25, 0.3) is 0 Å². The molecule has 0 aliphatic carbocycles. The summed E-state index contributed by atoms with van der Waals surface area (Å²) in [7, 11) is -3.90. The first-order chi connectivity index (χ1) is 9.67. The molecule has 0 bridgehead atoms. The Labute approximate surface area is 116 Å². The maximum atomic E-state index is 12.4. The predicted molar refractivity (Wildman–Crippen MR) is 76.0 cm³/mol. The molecule has 2 aromatic carbocycles. The minimum absolute atomic E-state index is 0.0560. The fourth-order valence-electron chi connectivity index (χ4n) is 1.97. The fraction of sp³-hybridized carbons (Fsp3) is 0. The van der Waals surface area contributed by atoms with Gasteiger partial charge in [-0.05, 0) is 17.5 Å². The van der Waals surface area contributed by atoms with Gasteiger partial charge in [0, 0.05) is 17.6 Å². The molecule has 20 heavy (non-hydrogen) atoms. The molecule has 0 spiro atoms. The van der Waals surface area contributed by atoms with Gasteiger partial charge in [0.05, 0.1) is 0 Å². The summed E-state index contributed by atoms with van der Waals surface area (Å²) in [6.45, 7) is 0. The van der Waals surface area contributed by atoms with Crippen molar-refractivity contribution in [3.63, 3.8) is 0 Å². The largest absolute Gasteiger partial charge is 0.358 e. The Kier molecular flexibility index (Phi) is 3.12. The Bertz CT molecular complexity index is 840. The summed E-state index contributed by atoms with van der Waals surface area (Å²) < 4.78 is 29.8. The van der Waals surface area contributed by atoms with Crippen molar-refractivity contribution < 1.29 is 12.6 Å². The second-order valence-electron chi connectivity index (χ2n) is 4.18.